The van der Waals surface area contributed by atoms with E-state index in [0.717, 1.165) is 25.1 Å². The van der Waals surface area contributed by atoms with Crippen LogP contribution in [-0.4, -0.2) is 29.9 Å². The summed E-state index contributed by atoms with van der Waals surface area (Å²) in [6.45, 7) is 7.59. The fraction of sp³-hybridized carbons (Fsp3) is 0.562. The minimum atomic E-state index is 0.216. The number of rotatable bonds is 3. The SMILES string of the molecule is Cc1ccc(C)c(NCC(=O)N2CCCCC2C)c1. The van der Waals surface area contributed by atoms with Crippen molar-refractivity contribution >= 4 is 11.6 Å². The van der Waals surface area contributed by atoms with Gasteiger partial charge in [-0.2, -0.15) is 0 Å². The molecular weight excluding hydrogens is 236 g/mol. The van der Waals surface area contributed by atoms with Crippen LogP contribution in [0.4, 0.5) is 5.69 Å². The van der Waals surface area contributed by atoms with E-state index in [1.54, 1.807) is 0 Å². The van der Waals surface area contributed by atoms with Crippen molar-refractivity contribution < 1.29 is 4.79 Å². The number of hydrogen-bond donors (Lipinski definition) is 1. The molecule has 1 fully saturated rings. The van der Waals surface area contributed by atoms with Crippen LogP contribution in [0.15, 0.2) is 18.2 Å². The average molecular weight is 260 g/mol. The topological polar surface area (TPSA) is 32.3 Å². The first-order valence-corrected chi connectivity index (χ1v) is 7.18. The maximum atomic E-state index is 12.2. The molecular formula is C16H24N2O. The average Bonchev–Trinajstić information content (AvgIpc) is 2.40. The Balaban J connectivity index is 1.94. The number of carbonyl (C=O) groups is 1. The third kappa shape index (κ3) is 3.49. The van der Waals surface area contributed by atoms with E-state index in [-0.39, 0.29) is 5.91 Å². The molecule has 1 N–H and O–H groups in total. The van der Waals surface area contributed by atoms with Gasteiger partial charge in [0.15, 0.2) is 0 Å². The molecule has 1 atom stereocenters. The summed E-state index contributed by atoms with van der Waals surface area (Å²) in [4.78, 5) is 14.3. The molecule has 0 aliphatic carbocycles. The van der Waals surface area contributed by atoms with Crippen molar-refractivity contribution in [2.45, 2.75) is 46.1 Å². The molecule has 0 spiro atoms. The molecule has 1 heterocycles. The minimum absolute atomic E-state index is 0.216. The Bertz CT molecular complexity index is 456. The van der Waals surface area contributed by atoms with Crippen LogP contribution in [0.25, 0.3) is 0 Å². The number of anilines is 1. The molecule has 1 aromatic carbocycles. The van der Waals surface area contributed by atoms with Gasteiger partial charge in [0.1, 0.15) is 0 Å². The molecule has 0 bridgehead atoms. The van der Waals surface area contributed by atoms with Gasteiger partial charge >= 0.3 is 0 Å². The van der Waals surface area contributed by atoms with E-state index in [1.807, 2.05) is 4.90 Å². The predicted octanol–water partition coefficient (Wildman–Crippen LogP) is 3.12. The summed E-state index contributed by atoms with van der Waals surface area (Å²) in [6, 6.07) is 6.67. The van der Waals surface area contributed by atoms with Crippen LogP contribution in [0.3, 0.4) is 0 Å². The highest BCUT2D eigenvalue weighted by molar-refractivity contribution is 5.81. The molecule has 104 valence electrons. The molecule has 1 amide bonds. The third-order valence-electron chi connectivity index (χ3n) is 3.95. The van der Waals surface area contributed by atoms with E-state index in [4.69, 9.17) is 0 Å². The molecule has 19 heavy (non-hydrogen) atoms. The normalized spacial score (nSPS) is 19.3. The van der Waals surface area contributed by atoms with Crippen molar-refractivity contribution in [2.24, 2.45) is 0 Å². The predicted molar refractivity (Wildman–Crippen MR) is 79.4 cm³/mol. The van der Waals surface area contributed by atoms with Gasteiger partial charge < -0.3 is 10.2 Å². The van der Waals surface area contributed by atoms with Crippen LogP contribution >= 0.6 is 0 Å². The molecule has 1 aliphatic rings. The summed E-state index contributed by atoms with van der Waals surface area (Å²) >= 11 is 0. The monoisotopic (exact) mass is 260 g/mol. The highest BCUT2D eigenvalue weighted by Crippen LogP contribution is 2.18. The molecule has 3 heteroatoms. The van der Waals surface area contributed by atoms with E-state index >= 15 is 0 Å². The van der Waals surface area contributed by atoms with Gasteiger partial charge in [0.25, 0.3) is 0 Å². The largest absolute Gasteiger partial charge is 0.376 e. The highest BCUT2D eigenvalue weighted by atomic mass is 16.2. The summed E-state index contributed by atoms with van der Waals surface area (Å²) in [5.41, 5.74) is 3.47. The minimum Gasteiger partial charge on any atom is -0.376 e. The highest BCUT2D eigenvalue weighted by Gasteiger charge is 2.22. The zero-order valence-electron chi connectivity index (χ0n) is 12.2. The molecule has 0 saturated carbocycles. The smallest absolute Gasteiger partial charge is 0.242 e. The first-order chi connectivity index (χ1) is 9.08. The zero-order valence-corrected chi connectivity index (χ0v) is 12.2. The molecule has 2 rings (SSSR count). The van der Waals surface area contributed by atoms with Gasteiger partial charge in [-0.25, -0.2) is 0 Å². The molecule has 1 unspecified atom stereocenters. The molecule has 0 radical (unpaired) electrons. The number of benzene rings is 1. The van der Waals surface area contributed by atoms with E-state index in [2.05, 4.69) is 44.3 Å². The fourth-order valence-corrected chi connectivity index (χ4v) is 2.67. The number of piperidine rings is 1. The second-order valence-corrected chi connectivity index (χ2v) is 5.60. The summed E-state index contributed by atoms with van der Waals surface area (Å²) in [5, 5.41) is 3.28. The van der Waals surface area contributed by atoms with Crippen LogP contribution in [0.1, 0.15) is 37.3 Å². The number of nitrogens with zero attached hydrogens (tertiary/aromatic N) is 1. The van der Waals surface area contributed by atoms with Crippen molar-refractivity contribution in [2.75, 3.05) is 18.4 Å². The maximum Gasteiger partial charge on any atom is 0.242 e. The number of carbonyl (C=O) groups excluding carboxylic acids is 1. The summed E-state index contributed by atoms with van der Waals surface area (Å²) < 4.78 is 0. The summed E-state index contributed by atoms with van der Waals surface area (Å²) in [5.74, 6) is 0.216. The lowest BCUT2D eigenvalue weighted by Gasteiger charge is -2.33. The van der Waals surface area contributed by atoms with E-state index in [1.165, 1.54) is 17.5 Å². The summed E-state index contributed by atoms with van der Waals surface area (Å²) in [6.07, 6.45) is 3.52. The van der Waals surface area contributed by atoms with Gasteiger partial charge in [-0.1, -0.05) is 12.1 Å². The Morgan fingerprint density at radius 2 is 2.16 bits per heavy atom. The lowest BCUT2D eigenvalue weighted by molar-refractivity contribution is -0.132. The van der Waals surface area contributed by atoms with Crippen molar-refractivity contribution in [3.8, 4) is 0 Å². The number of nitrogens with one attached hydrogen (secondary N) is 1. The molecule has 0 aromatic heterocycles. The Morgan fingerprint density at radius 3 is 2.89 bits per heavy atom. The van der Waals surface area contributed by atoms with Crippen molar-refractivity contribution in [3.05, 3.63) is 29.3 Å². The first kappa shape index (κ1) is 13.9. The molecule has 1 saturated heterocycles. The molecule has 1 aromatic rings. The number of likely N-dealkylation sites (tertiary alicyclic amines) is 1. The van der Waals surface area contributed by atoms with Crippen LogP contribution < -0.4 is 5.32 Å². The van der Waals surface area contributed by atoms with Crippen LogP contribution in [0.5, 0.6) is 0 Å². The third-order valence-corrected chi connectivity index (χ3v) is 3.95. The van der Waals surface area contributed by atoms with Crippen molar-refractivity contribution in [1.82, 2.24) is 4.90 Å². The Morgan fingerprint density at radius 1 is 1.37 bits per heavy atom. The van der Waals surface area contributed by atoms with Crippen molar-refractivity contribution in [3.63, 3.8) is 0 Å². The zero-order chi connectivity index (χ0) is 13.8. The molecule has 3 nitrogen and oxygen atoms in total. The van der Waals surface area contributed by atoms with E-state index in [9.17, 15) is 4.79 Å². The number of hydrogen-bond acceptors (Lipinski definition) is 2. The van der Waals surface area contributed by atoms with E-state index < -0.39 is 0 Å². The van der Waals surface area contributed by atoms with Crippen molar-refractivity contribution in [1.29, 1.82) is 0 Å². The van der Waals surface area contributed by atoms with Gasteiger partial charge in [-0.05, 0) is 57.2 Å². The second kappa shape index (κ2) is 6.09. The lowest BCUT2D eigenvalue weighted by atomic mass is 10.0. The number of aryl methyl sites for hydroxylation is 2. The Hall–Kier alpha value is -1.51. The van der Waals surface area contributed by atoms with Gasteiger partial charge in [-0.15, -0.1) is 0 Å². The van der Waals surface area contributed by atoms with Crippen LogP contribution in [0.2, 0.25) is 0 Å². The van der Waals surface area contributed by atoms with Crippen LogP contribution in [-0.2, 0) is 4.79 Å². The first-order valence-electron chi connectivity index (χ1n) is 7.18. The van der Waals surface area contributed by atoms with Gasteiger partial charge in [-0.3, -0.25) is 4.79 Å². The molecule has 1 aliphatic heterocycles. The Kier molecular flexibility index (Phi) is 4.46. The van der Waals surface area contributed by atoms with E-state index in [0.29, 0.717) is 12.6 Å². The quantitative estimate of drug-likeness (QED) is 0.905. The van der Waals surface area contributed by atoms with Gasteiger partial charge in [0.2, 0.25) is 5.91 Å². The standard InChI is InChI=1S/C16H24N2O/c1-12-7-8-13(2)15(10-12)17-11-16(19)18-9-5-4-6-14(18)3/h7-8,10,14,17H,4-6,9,11H2,1-3H3. The second-order valence-electron chi connectivity index (χ2n) is 5.60. The van der Waals surface area contributed by atoms with Crippen LogP contribution in [0, 0.1) is 13.8 Å². The number of amides is 1. The Labute approximate surface area is 116 Å². The lowest BCUT2D eigenvalue weighted by Crippen LogP contribution is -2.44. The summed E-state index contributed by atoms with van der Waals surface area (Å²) in [7, 11) is 0. The van der Waals surface area contributed by atoms with Gasteiger partial charge in [0, 0.05) is 18.3 Å². The maximum absolute atomic E-state index is 12.2. The fourth-order valence-electron chi connectivity index (χ4n) is 2.67. The van der Waals surface area contributed by atoms with Gasteiger partial charge in [0.05, 0.1) is 6.54 Å².